The van der Waals surface area contributed by atoms with E-state index in [1.807, 2.05) is 18.3 Å². The minimum Gasteiger partial charge on any atom is -0.377 e. The highest BCUT2D eigenvalue weighted by Gasteiger charge is 2.25. The van der Waals surface area contributed by atoms with Crippen molar-refractivity contribution in [2.45, 2.75) is 19.8 Å². The number of anilines is 1. The van der Waals surface area contributed by atoms with E-state index in [9.17, 15) is 4.79 Å². The van der Waals surface area contributed by atoms with Crippen molar-refractivity contribution in [3.63, 3.8) is 0 Å². The van der Waals surface area contributed by atoms with E-state index in [-0.39, 0.29) is 5.91 Å². The van der Waals surface area contributed by atoms with Crippen LogP contribution in [0.15, 0.2) is 24.4 Å². The van der Waals surface area contributed by atoms with Gasteiger partial charge in [-0.05, 0) is 37.0 Å². The second-order valence-corrected chi connectivity index (χ2v) is 5.84. The topological polar surface area (TPSA) is 32.3 Å². The summed E-state index contributed by atoms with van der Waals surface area (Å²) in [5, 5.41) is 3.54. The van der Waals surface area contributed by atoms with Crippen LogP contribution in [-0.2, 0) is 4.79 Å². The fraction of sp³-hybridized carbons (Fsp3) is 0.400. The number of hydrogen-bond donors (Lipinski definition) is 1. The van der Waals surface area contributed by atoms with E-state index in [0.29, 0.717) is 5.02 Å². The number of benzene rings is 1. The molecular weight excluding hydrogens is 260 g/mol. The van der Waals surface area contributed by atoms with E-state index in [1.54, 1.807) is 6.07 Å². The van der Waals surface area contributed by atoms with Gasteiger partial charge in [0.1, 0.15) is 0 Å². The maximum atomic E-state index is 12.0. The van der Waals surface area contributed by atoms with E-state index in [0.717, 1.165) is 35.8 Å². The first-order valence-electron chi connectivity index (χ1n) is 6.70. The minimum atomic E-state index is -0.0316. The molecule has 0 atom stereocenters. The van der Waals surface area contributed by atoms with Crippen molar-refractivity contribution in [1.29, 1.82) is 0 Å². The Morgan fingerprint density at radius 1 is 1.37 bits per heavy atom. The predicted octanol–water partition coefficient (Wildman–Crippen LogP) is 3.36. The predicted molar refractivity (Wildman–Crippen MR) is 78.0 cm³/mol. The lowest BCUT2D eigenvalue weighted by Gasteiger charge is -2.29. The lowest BCUT2D eigenvalue weighted by Crippen LogP contribution is -2.29. The van der Waals surface area contributed by atoms with Gasteiger partial charge in [-0.25, -0.2) is 0 Å². The molecule has 3 rings (SSSR count). The SMILES string of the molecule is CC1CCN(/C=C2/C(=O)Nc3ccc(Cl)cc32)CC1. The van der Waals surface area contributed by atoms with Crippen molar-refractivity contribution in [2.75, 3.05) is 18.4 Å². The number of nitrogens with one attached hydrogen (secondary N) is 1. The Hall–Kier alpha value is -1.48. The van der Waals surface area contributed by atoms with Crippen molar-refractivity contribution in [2.24, 2.45) is 5.92 Å². The summed E-state index contributed by atoms with van der Waals surface area (Å²) in [4.78, 5) is 14.3. The number of carbonyl (C=O) groups excluding carboxylic acids is 1. The normalized spacial score (nSPS) is 21.7. The molecule has 100 valence electrons. The van der Waals surface area contributed by atoms with Gasteiger partial charge in [0, 0.05) is 35.6 Å². The summed E-state index contributed by atoms with van der Waals surface area (Å²) < 4.78 is 0. The first kappa shape index (κ1) is 12.5. The third kappa shape index (κ3) is 2.47. The Morgan fingerprint density at radius 2 is 2.11 bits per heavy atom. The van der Waals surface area contributed by atoms with Crippen molar-refractivity contribution in [3.8, 4) is 0 Å². The first-order chi connectivity index (χ1) is 9.13. The Labute approximate surface area is 118 Å². The molecule has 0 aromatic heterocycles. The minimum absolute atomic E-state index is 0.0316. The average molecular weight is 277 g/mol. The number of hydrogen-bond acceptors (Lipinski definition) is 2. The molecule has 0 spiro atoms. The van der Waals surface area contributed by atoms with Gasteiger partial charge in [0.05, 0.1) is 5.57 Å². The second-order valence-electron chi connectivity index (χ2n) is 5.41. The van der Waals surface area contributed by atoms with E-state index >= 15 is 0 Å². The van der Waals surface area contributed by atoms with Gasteiger partial charge in [0.15, 0.2) is 0 Å². The van der Waals surface area contributed by atoms with Crippen molar-refractivity contribution < 1.29 is 4.79 Å². The van der Waals surface area contributed by atoms with E-state index in [1.165, 1.54) is 12.8 Å². The Morgan fingerprint density at radius 3 is 2.84 bits per heavy atom. The maximum Gasteiger partial charge on any atom is 0.257 e. The molecule has 0 aliphatic carbocycles. The van der Waals surface area contributed by atoms with Crippen LogP contribution in [0.1, 0.15) is 25.3 Å². The highest BCUT2D eigenvalue weighted by atomic mass is 35.5. The number of rotatable bonds is 1. The molecule has 0 bridgehead atoms. The molecule has 1 amide bonds. The molecule has 1 saturated heterocycles. The smallest absolute Gasteiger partial charge is 0.257 e. The molecule has 2 heterocycles. The zero-order chi connectivity index (χ0) is 13.4. The Balaban J connectivity index is 1.89. The number of carbonyl (C=O) groups is 1. The van der Waals surface area contributed by atoms with Gasteiger partial charge in [0.25, 0.3) is 5.91 Å². The largest absolute Gasteiger partial charge is 0.377 e. The van der Waals surface area contributed by atoms with Crippen molar-refractivity contribution in [3.05, 3.63) is 35.0 Å². The fourth-order valence-corrected chi connectivity index (χ4v) is 2.80. The first-order valence-corrected chi connectivity index (χ1v) is 7.08. The molecule has 1 fully saturated rings. The molecule has 2 aliphatic rings. The Bertz CT molecular complexity index is 545. The third-order valence-corrected chi connectivity index (χ3v) is 4.13. The highest BCUT2D eigenvalue weighted by molar-refractivity contribution is 6.34. The molecule has 1 aromatic carbocycles. The van der Waals surface area contributed by atoms with Crippen LogP contribution >= 0.6 is 11.6 Å². The molecule has 0 radical (unpaired) electrons. The zero-order valence-electron chi connectivity index (χ0n) is 10.9. The number of likely N-dealkylation sites (tertiary alicyclic amines) is 1. The van der Waals surface area contributed by atoms with Gasteiger partial charge < -0.3 is 10.2 Å². The highest BCUT2D eigenvalue weighted by Crippen LogP contribution is 2.34. The number of amides is 1. The molecule has 3 nitrogen and oxygen atoms in total. The van der Waals surface area contributed by atoms with E-state index in [2.05, 4.69) is 17.1 Å². The lowest BCUT2D eigenvalue weighted by molar-refractivity contribution is -0.110. The summed E-state index contributed by atoms with van der Waals surface area (Å²) >= 11 is 6.02. The van der Waals surface area contributed by atoms with E-state index in [4.69, 9.17) is 11.6 Å². The van der Waals surface area contributed by atoms with Crippen LogP contribution in [0.25, 0.3) is 5.57 Å². The summed E-state index contributed by atoms with van der Waals surface area (Å²) in [7, 11) is 0. The van der Waals surface area contributed by atoms with Gasteiger partial charge in [0.2, 0.25) is 0 Å². The molecule has 0 unspecified atom stereocenters. The van der Waals surface area contributed by atoms with Crippen LogP contribution in [-0.4, -0.2) is 23.9 Å². The Kier molecular flexibility index (Phi) is 3.23. The van der Waals surface area contributed by atoms with Crippen LogP contribution in [0.4, 0.5) is 5.69 Å². The van der Waals surface area contributed by atoms with Gasteiger partial charge in [-0.15, -0.1) is 0 Å². The van der Waals surface area contributed by atoms with Crippen molar-refractivity contribution >= 4 is 28.8 Å². The fourth-order valence-electron chi connectivity index (χ4n) is 2.63. The summed E-state index contributed by atoms with van der Waals surface area (Å²) in [6.45, 7) is 4.32. The van der Waals surface area contributed by atoms with Crippen molar-refractivity contribution in [1.82, 2.24) is 4.90 Å². The van der Waals surface area contributed by atoms with Crippen LogP contribution < -0.4 is 5.32 Å². The maximum absolute atomic E-state index is 12.0. The molecule has 4 heteroatoms. The monoisotopic (exact) mass is 276 g/mol. The standard InChI is InChI=1S/C15H17ClN2O/c1-10-4-6-18(7-5-10)9-13-12-8-11(16)2-3-14(12)17-15(13)19/h2-3,8-10H,4-7H2,1H3,(H,17,19)/b13-9+. The van der Waals surface area contributed by atoms with Crippen LogP contribution in [0.5, 0.6) is 0 Å². The number of nitrogens with zero attached hydrogens (tertiary/aromatic N) is 1. The molecular formula is C15H17ClN2O. The summed E-state index contributed by atoms with van der Waals surface area (Å²) in [5.74, 6) is 0.754. The molecule has 2 aliphatic heterocycles. The third-order valence-electron chi connectivity index (χ3n) is 3.89. The van der Waals surface area contributed by atoms with Crippen LogP contribution in [0.2, 0.25) is 5.02 Å². The summed E-state index contributed by atoms with van der Waals surface area (Å²) in [5.41, 5.74) is 2.49. The molecule has 1 N–H and O–H groups in total. The molecule has 1 aromatic rings. The number of halogens is 1. The van der Waals surface area contributed by atoms with Gasteiger partial charge in [-0.3, -0.25) is 4.79 Å². The van der Waals surface area contributed by atoms with Gasteiger partial charge in [-0.2, -0.15) is 0 Å². The van der Waals surface area contributed by atoms with Gasteiger partial charge in [-0.1, -0.05) is 18.5 Å². The number of fused-ring (bicyclic) bond motifs is 1. The van der Waals surface area contributed by atoms with Crippen LogP contribution in [0, 0.1) is 5.92 Å². The summed E-state index contributed by atoms with van der Waals surface area (Å²) in [6.07, 6.45) is 4.37. The summed E-state index contributed by atoms with van der Waals surface area (Å²) in [6, 6.07) is 5.51. The molecule has 19 heavy (non-hydrogen) atoms. The quantitative estimate of drug-likeness (QED) is 0.798. The zero-order valence-corrected chi connectivity index (χ0v) is 11.7. The van der Waals surface area contributed by atoms with E-state index < -0.39 is 0 Å². The average Bonchev–Trinajstić information content (AvgIpc) is 2.69. The number of piperidine rings is 1. The molecule has 0 saturated carbocycles. The second kappa shape index (κ2) is 4.89. The van der Waals surface area contributed by atoms with Crippen LogP contribution in [0.3, 0.4) is 0 Å². The lowest BCUT2D eigenvalue weighted by atomic mass is 9.99. The van der Waals surface area contributed by atoms with Gasteiger partial charge >= 0.3 is 0 Å².